The Morgan fingerprint density at radius 1 is 1.29 bits per heavy atom. The van der Waals surface area contributed by atoms with Crippen LogP contribution in [0.3, 0.4) is 0 Å². The third-order valence-electron chi connectivity index (χ3n) is 2.88. The second-order valence-corrected chi connectivity index (χ2v) is 5.40. The van der Waals surface area contributed by atoms with E-state index in [9.17, 15) is 0 Å². The lowest BCUT2D eigenvalue weighted by molar-refractivity contribution is 0.327. The van der Waals surface area contributed by atoms with Crippen LogP contribution in [0.2, 0.25) is 0 Å². The van der Waals surface area contributed by atoms with Gasteiger partial charge in [-0.05, 0) is 17.9 Å². The number of benzene rings is 1. The molecule has 2 nitrogen and oxygen atoms in total. The van der Waals surface area contributed by atoms with Crippen molar-refractivity contribution < 1.29 is 4.74 Å². The second-order valence-electron chi connectivity index (χ2n) is 5.02. The molecule has 0 spiro atoms. The minimum atomic E-state index is 0.240. The summed E-state index contributed by atoms with van der Waals surface area (Å²) in [7, 11) is 1.70. The zero-order chi connectivity index (χ0) is 12.7. The standard InChI is InChI=1S/C14H22ClNO/c1-14(2,8-9-15)11-16-10-12-6-4-5-7-13(12)17-3/h4-7,16H,8-11H2,1-3H3. The van der Waals surface area contributed by atoms with E-state index in [-0.39, 0.29) is 5.41 Å². The first kappa shape index (κ1) is 14.3. The van der Waals surface area contributed by atoms with E-state index < -0.39 is 0 Å². The Kier molecular flexibility index (Phi) is 5.79. The molecule has 96 valence electrons. The van der Waals surface area contributed by atoms with Gasteiger partial charge in [0, 0.05) is 24.5 Å². The van der Waals surface area contributed by atoms with E-state index in [1.165, 1.54) is 5.56 Å². The van der Waals surface area contributed by atoms with Crippen LogP contribution in [0.4, 0.5) is 0 Å². The first-order valence-electron chi connectivity index (χ1n) is 5.97. The highest BCUT2D eigenvalue weighted by Gasteiger charge is 2.16. The summed E-state index contributed by atoms with van der Waals surface area (Å²) in [5.74, 6) is 1.65. The van der Waals surface area contributed by atoms with Crippen molar-refractivity contribution in [3.8, 4) is 5.75 Å². The van der Waals surface area contributed by atoms with E-state index in [1.807, 2.05) is 18.2 Å². The molecule has 17 heavy (non-hydrogen) atoms. The van der Waals surface area contributed by atoms with Gasteiger partial charge in [-0.2, -0.15) is 0 Å². The van der Waals surface area contributed by atoms with Gasteiger partial charge in [-0.3, -0.25) is 0 Å². The summed E-state index contributed by atoms with van der Waals surface area (Å²) in [4.78, 5) is 0. The Morgan fingerprint density at radius 2 is 2.00 bits per heavy atom. The zero-order valence-corrected chi connectivity index (χ0v) is 11.7. The summed E-state index contributed by atoms with van der Waals surface area (Å²) in [6.07, 6.45) is 1.02. The molecule has 0 aliphatic carbocycles. The molecule has 0 aliphatic heterocycles. The maximum Gasteiger partial charge on any atom is 0.123 e. The van der Waals surface area contributed by atoms with Gasteiger partial charge < -0.3 is 10.1 Å². The maximum absolute atomic E-state index is 5.78. The smallest absolute Gasteiger partial charge is 0.123 e. The van der Waals surface area contributed by atoms with Crippen LogP contribution >= 0.6 is 11.6 Å². The van der Waals surface area contributed by atoms with Gasteiger partial charge in [-0.15, -0.1) is 11.6 Å². The molecule has 0 bridgehead atoms. The van der Waals surface area contributed by atoms with Gasteiger partial charge in [0.25, 0.3) is 0 Å². The number of nitrogens with one attached hydrogen (secondary N) is 1. The molecule has 0 aliphatic rings. The molecule has 1 N–H and O–H groups in total. The van der Waals surface area contributed by atoms with Crippen molar-refractivity contribution in [1.29, 1.82) is 0 Å². The Hall–Kier alpha value is -0.730. The van der Waals surface area contributed by atoms with Crippen molar-refractivity contribution >= 4 is 11.6 Å². The van der Waals surface area contributed by atoms with Gasteiger partial charge >= 0.3 is 0 Å². The van der Waals surface area contributed by atoms with Gasteiger partial charge in [0.15, 0.2) is 0 Å². The normalized spacial score (nSPS) is 11.5. The molecule has 0 aromatic heterocycles. The molecule has 1 aromatic rings. The number of ether oxygens (including phenoxy) is 1. The van der Waals surface area contributed by atoms with Crippen LogP contribution in [0.1, 0.15) is 25.8 Å². The Morgan fingerprint density at radius 3 is 2.65 bits per heavy atom. The van der Waals surface area contributed by atoms with E-state index >= 15 is 0 Å². The summed E-state index contributed by atoms with van der Waals surface area (Å²) >= 11 is 5.78. The number of rotatable bonds is 7. The molecule has 0 saturated heterocycles. The third kappa shape index (κ3) is 4.97. The highest BCUT2D eigenvalue weighted by molar-refractivity contribution is 6.17. The Bertz CT molecular complexity index is 339. The fraction of sp³-hybridized carbons (Fsp3) is 0.571. The van der Waals surface area contributed by atoms with Crippen LogP contribution in [0.25, 0.3) is 0 Å². The molecular formula is C14H22ClNO. The van der Waals surface area contributed by atoms with Gasteiger partial charge in [0.2, 0.25) is 0 Å². The molecule has 0 unspecified atom stereocenters. The summed E-state index contributed by atoms with van der Waals surface area (Å²) in [5.41, 5.74) is 1.43. The summed E-state index contributed by atoms with van der Waals surface area (Å²) in [5, 5.41) is 3.46. The average Bonchev–Trinajstić information content (AvgIpc) is 2.29. The zero-order valence-electron chi connectivity index (χ0n) is 10.9. The SMILES string of the molecule is COc1ccccc1CNCC(C)(C)CCCl. The van der Waals surface area contributed by atoms with Crippen molar-refractivity contribution in [2.45, 2.75) is 26.8 Å². The summed E-state index contributed by atoms with van der Waals surface area (Å²) in [6.45, 7) is 6.24. The summed E-state index contributed by atoms with van der Waals surface area (Å²) < 4.78 is 5.31. The van der Waals surface area contributed by atoms with E-state index in [4.69, 9.17) is 16.3 Å². The predicted octanol–water partition coefficient (Wildman–Crippen LogP) is 3.44. The topological polar surface area (TPSA) is 21.3 Å². The molecule has 1 aromatic carbocycles. The number of para-hydroxylation sites is 1. The molecule has 1 rings (SSSR count). The number of hydrogen-bond acceptors (Lipinski definition) is 2. The van der Waals surface area contributed by atoms with Crippen molar-refractivity contribution in [2.75, 3.05) is 19.5 Å². The minimum absolute atomic E-state index is 0.240. The molecule has 0 radical (unpaired) electrons. The number of methoxy groups -OCH3 is 1. The lowest BCUT2D eigenvalue weighted by Gasteiger charge is -2.24. The Labute approximate surface area is 109 Å². The van der Waals surface area contributed by atoms with Gasteiger partial charge in [0.1, 0.15) is 5.75 Å². The Balaban J connectivity index is 2.45. The monoisotopic (exact) mass is 255 g/mol. The van der Waals surface area contributed by atoms with Crippen LogP contribution in [0.15, 0.2) is 24.3 Å². The molecule has 0 amide bonds. The van der Waals surface area contributed by atoms with Crippen LogP contribution in [0.5, 0.6) is 5.75 Å². The minimum Gasteiger partial charge on any atom is -0.496 e. The fourth-order valence-electron chi connectivity index (χ4n) is 1.73. The first-order chi connectivity index (χ1) is 8.09. The van der Waals surface area contributed by atoms with Crippen LogP contribution < -0.4 is 10.1 Å². The van der Waals surface area contributed by atoms with Crippen molar-refractivity contribution in [3.63, 3.8) is 0 Å². The number of alkyl halides is 1. The highest BCUT2D eigenvalue weighted by Crippen LogP contribution is 2.21. The molecule has 0 atom stereocenters. The van der Waals surface area contributed by atoms with E-state index in [0.717, 1.165) is 25.3 Å². The van der Waals surface area contributed by atoms with Crippen molar-refractivity contribution in [3.05, 3.63) is 29.8 Å². The maximum atomic E-state index is 5.78. The molecule has 0 heterocycles. The van der Waals surface area contributed by atoms with Gasteiger partial charge in [-0.25, -0.2) is 0 Å². The lowest BCUT2D eigenvalue weighted by atomic mass is 9.90. The number of halogens is 1. The average molecular weight is 256 g/mol. The van der Waals surface area contributed by atoms with Crippen LogP contribution in [-0.4, -0.2) is 19.5 Å². The molecule has 0 saturated carbocycles. The molecular weight excluding hydrogens is 234 g/mol. The third-order valence-corrected chi connectivity index (χ3v) is 3.07. The van der Waals surface area contributed by atoms with E-state index in [0.29, 0.717) is 5.88 Å². The fourth-order valence-corrected chi connectivity index (χ4v) is 2.24. The van der Waals surface area contributed by atoms with Gasteiger partial charge in [0.05, 0.1) is 7.11 Å². The predicted molar refractivity (Wildman–Crippen MR) is 73.8 cm³/mol. The van der Waals surface area contributed by atoms with Crippen LogP contribution in [0, 0.1) is 5.41 Å². The first-order valence-corrected chi connectivity index (χ1v) is 6.51. The highest BCUT2D eigenvalue weighted by atomic mass is 35.5. The largest absolute Gasteiger partial charge is 0.496 e. The van der Waals surface area contributed by atoms with Crippen LogP contribution in [-0.2, 0) is 6.54 Å². The summed E-state index contributed by atoms with van der Waals surface area (Å²) in [6, 6.07) is 8.09. The molecule has 0 fully saturated rings. The van der Waals surface area contributed by atoms with E-state index in [1.54, 1.807) is 7.11 Å². The molecule has 3 heteroatoms. The quantitative estimate of drug-likeness (QED) is 0.754. The lowest BCUT2D eigenvalue weighted by Crippen LogP contribution is -2.29. The van der Waals surface area contributed by atoms with Crippen molar-refractivity contribution in [2.24, 2.45) is 5.41 Å². The van der Waals surface area contributed by atoms with Gasteiger partial charge in [-0.1, -0.05) is 32.0 Å². The second kappa shape index (κ2) is 6.87. The van der Waals surface area contributed by atoms with Crippen molar-refractivity contribution in [1.82, 2.24) is 5.32 Å². The number of hydrogen-bond donors (Lipinski definition) is 1. The van der Waals surface area contributed by atoms with E-state index in [2.05, 4.69) is 25.2 Å².